The lowest BCUT2D eigenvalue weighted by molar-refractivity contribution is -0.385. The summed E-state index contributed by atoms with van der Waals surface area (Å²) in [5.41, 5.74) is -0.0899. The summed E-state index contributed by atoms with van der Waals surface area (Å²) >= 11 is 3.29. The van der Waals surface area contributed by atoms with Crippen LogP contribution in [0.1, 0.15) is 17.3 Å². The molecule has 0 saturated carbocycles. The van der Waals surface area contributed by atoms with E-state index in [0.29, 0.717) is 10.2 Å². The summed E-state index contributed by atoms with van der Waals surface area (Å²) in [7, 11) is 2.85. The van der Waals surface area contributed by atoms with Crippen LogP contribution in [0.3, 0.4) is 0 Å². The van der Waals surface area contributed by atoms with E-state index >= 15 is 0 Å². The molecule has 0 saturated heterocycles. The van der Waals surface area contributed by atoms with Crippen molar-refractivity contribution in [2.45, 2.75) is 6.92 Å². The standard InChI is InChI=1S/C19H20BrN3O7/c1-11(24)21-14-5-4-12(20)8-15(14)22-19(25)13-9-17(29-3)18(30-7-6-28-2)10-16(13)23(26)27/h4-5,8-10H,6-7H2,1-3H3,(H,21,24)(H,22,25). The largest absolute Gasteiger partial charge is 0.493 e. The highest BCUT2D eigenvalue weighted by molar-refractivity contribution is 9.10. The third-order valence-corrected chi connectivity index (χ3v) is 4.30. The molecule has 0 bridgehead atoms. The molecule has 0 fully saturated rings. The highest BCUT2D eigenvalue weighted by atomic mass is 79.9. The lowest BCUT2D eigenvalue weighted by Crippen LogP contribution is -2.17. The number of halogens is 1. The van der Waals surface area contributed by atoms with Crippen LogP contribution in [0, 0.1) is 10.1 Å². The van der Waals surface area contributed by atoms with Gasteiger partial charge in [0.05, 0.1) is 36.1 Å². The quantitative estimate of drug-likeness (QED) is 0.317. The van der Waals surface area contributed by atoms with Crippen molar-refractivity contribution in [3.8, 4) is 11.5 Å². The number of rotatable bonds is 9. The molecule has 2 aromatic carbocycles. The average Bonchev–Trinajstić information content (AvgIpc) is 2.69. The van der Waals surface area contributed by atoms with Crippen LogP contribution in [0.15, 0.2) is 34.8 Å². The number of nitro benzene ring substituents is 1. The second kappa shape index (κ2) is 10.6. The Morgan fingerprint density at radius 1 is 1.07 bits per heavy atom. The SMILES string of the molecule is COCCOc1cc([N+](=O)[O-])c(C(=O)Nc2cc(Br)ccc2NC(C)=O)cc1OC. The number of nitrogens with zero attached hydrogens (tertiary/aromatic N) is 1. The van der Waals surface area contributed by atoms with Crippen LogP contribution in [0.25, 0.3) is 0 Å². The normalized spacial score (nSPS) is 10.3. The predicted octanol–water partition coefficient (Wildman–Crippen LogP) is 3.60. The van der Waals surface area contributed by atoms with E-state index in [1.54, 1.807) is 18.2 Å². The number of hydrogen-bond donors (Lipinski definition) is 2. The van der Waals surface area contributed by atoms with Gasteiger partial charge in [0.25, 0.3) is 11.6 Å². The van der Waals surface area contributed by atoms with Gasteiger partial charge in [0, 0.05) is 24.6 Å². The molecule has 30 heavy (non-hydrogen) atoms. The molecular weight excluding hydrogens is 462 g/mol. The molecule has 0 aliphatic heterocycles. The van der Waals surface area contributed by atoms with Gasteiger partial charge in [-0.15, -0.1) is 0 Å². The Morgan fingerprint density at radius 3 is 2.40 bits per heavy atom. The first-order valence-electron chi connectivity index (χ1n) is 8.63. The molecule has 0 aliphatic carbocycles. The fraction of sp³-hybridized carbons (Fsp3) is 0.263. The molecule has 10 nitrogen and oxygen atoms in total. The van der Waals surface area contributed by atoms with Crippen molar-refractivity contribution >= 4 is 44.8 Å². The summed E-state index contributed by atoms with van der Waals surface area (Å²) in [5, 5.41) is 16.7. The minimum absolute atomic E-state index is 0.110. The first-order valence-corrected chi connectivity index (χ1v) is 9.42. The molecule has 0 spiro atoms. The molecule has 0 atom stereocenters. The summed E-state index contributed by atoms with van der Waals surface area (Å²) in [5.74, 6) is -0.830. The second-order valence-corrected chi connectivity index (χ2v) is 6.86. The highest BCUT2D eigenvalue weighted by Gasteiger charge is 2.25. The number of nitrogens with one attached hydrogen (secondary N) is 2. The molecule has 2 aromatic rings. The highest BCUT2D eigenvalue weighted by Crippen LogP contribution is 2.36. The lowest BCUT2D eigenvalue weighted by atomic mass is 10.1. The van der Waals surface area contributed by atoms with Crippen molar-refractivity contribution in [3.05, 3.63) is 50.5 Å². The van der Waals surface area contributed by atoms with Crippen LogP contribution in [0.4, 0.5) is 17.1 Å². The van der Waals surface area contributed by atoms with Crippen molar-refractivity contribution in [3.63, 3.8) is 0 Å². The molecule has 0 radical (unpaired) electrons. The number of anilines is 2. The van der Waals surface area contributed by atoms with Crippen molar-refractivity contribution in [2.24, 2.45) is 0 Å². The van der Waals surface area contributed by atoms with Crippen LogP contribution in [-0.2, 0) is 9.53 Å². The number of nitro groups is 1. The number of carbonyl (C=O) groups is 2. The summed E-state index contributed by atoms with van der Waals surface area (Å²) in [6, 6.07) is 7.18. The van der Waals surface area contributed by atoms with Crippen molar-refractivity contribution in [1.29, 1.82) is 0 Å². The van der Waals surface area contributed by atoms with Crippen LogP contribution >= 0.6 is 15.9 Å². The fourth-order valence-electron chi connectivity index (χ4n) is 2.50. The van der Waals surface area contributed by atoms with Gasteiger partial charge < -0.3 is 24.8 Å². The molecule has 11 heteroatoms. The molecule has 2 rings (SSSR count). The van der Waals surface area contributed by atoms with Crippen molar-refractivity contribution in [2.75, 3.05) is 38.1 Å². The van der Waals surface area contributed by atoms with Gasteiger partial charge in [0.1, 0.15) is 12.2 Å². The molecule has 2 amide bonds. The van der Waals surface area contributed by atoms with E-state index < -0.39 is 16.5 Å². The van der Waals surface area contributed by atoms with Crippen molar-refractivity contribution < 1.29 is 28.7 Å². The Hall–Kier alpha value is -3.18. The van der Waals surface area contributed by atoms with Crippen LogP contribution in [0.5, 0.6) is 11.5 Å². The monoisotopic (exact) mass is 481 g/mol. The number of methoxy groups -OCH3 is 2. The Kier molecular flexibility index (Phi) is 8.13. The summed E-state index contributed by atoms with van der Waals surface area (Å²) in [4.78, 5) is 35.2. The molecular formula is C19H20BrN3O7. The van der Waals surface area contributed by atoms with Crippen molar-refractivity contribution in [1.82, 2.24) is 0 Å². The van der Waals surface area contributed by atoms with Gasteiger partial charge in [-0.1, -0.05) is 15.9 Å². The third-order valence-electron chi connectivity index (χ3n) is 3.81. The Morgan fingerprint density at radius 2 is 1.80 bits per heavy atom. The maximum absolute atomic E-state index is 12.9. The van der Waals surface area contributed by atoms with E-state index in [4.69, 9.17) is 14.2 Å². The Bertz CT molecular complexity index is 965. The van der Waals surface area contributed by atoms with Gasteiger partial charge in [0.2, 0.25) is 5.91 Å². The smallest absolute Gasteiger partial charge is 0.286 e. The fourth-order valence-corrected chi connectivity index (χ4v) is 2.86. The van der Waals surface area contributed by atoms with Gasteiger partial charge in [-0.25, -0.2) is 0 Å². The number of amides is 2. The maximum atomic E-state index is 12.9. The summed E-state index contributed by atoms with van der Waals surface area (Å²) < 4.78 is 16.2. The first kappa shape index (κ1) is 23.1. The molecule has 0 heterocycles. The average molecular weight is 482 g/mol. The Labute approximate surface area is 180 Å². The minimum Gasteiger partial charge on any atom is -0.493 e. The zero-order valence-electron chi connectivity index (χ0n) is 16.5. The number of hydrogen-bond acceptors (Lipinski definition) is 7. The van der Waals surface area contributed by atoms with Gasteiger partial charge in [-0.3, -0.25) is 19.7 Å². The zero-order valence-corrected chi connectivity index (χ0v) is 18.1. The lowest BCUT2D eigenvalue weighted by Gasteiger charge is -2.14. The van der Waals surface area contributed by atoms with E-state index in [1.165, 1.54) is 27.2 Å². The number of ether oxygens (including phenoxy) is 3. The summed E-state index contributed by atoms with van der Waals surface area (Å²) in [6.07, 6.45) is 0. The van der Waals surface area contributed by atoms with Gasteiger partial charge in [0.15, 0.2) is 11.5 Å². The first-order chi connectivity index (χ1) is 14.3. The van der Waals surface area contributed by atoms with Gasteiger partial charge in [-0.05, 0) is 18.2 Å². The molecule has 0 aromatic heterocycles. The van der Waals surface area contributed by atoms with E-state index in [1.807, 2.05) is 0 Å². The Balaban J connectivity index is 2.43. The topological polar surface area (TPSA) is 129 Å². The van der Waals surface area contributed by atoms with E-state index in [-0.39, 0.29) is 41.9 Å². The van der Waals surface area contributed by atoms with E-state index in [9.17, 15) is 19.7 Å². The number of carbonyl (C=O) groups excluding carboxylic acids is 2. The van der Waals surface area contributed by atoms with E-state index in [2.05, 4.69) is 26.6 Å². The molecule has 0 aliphatic rings. The molecule has 160 valence electrons. The summed E-state index contributed by atoms with van der Waals surface area (Å²) in [6.45, 7) is 1.74. The van der Waals surface area contributed by atoms with Crippen LogP contribution < -0.4 is 20.1 Å². The molecule has 2 N–H and O–H groups in total. The minimum atomic E-state index is -0.756. The third kappa shape index (κ3) is 5.91. The van der Waals surface area contributed by atoms with Crippen LogP contribution in [-0.4, -0.2) is 44.2 Å². The molecule has 0 unspecified atom stereocenters. The van der Waals surface area contributed by atoms with E-state index in [0.717, 1.165) is 6.07 Å². The van der Waals surface area contributed by atoms with Gasteiger partial charge >= 0.3 is 0 Å². The number of benzene rings is 2. The predicted molar refractivity (Wildman–Crippen MR) is 113 cm³/mol. The van der Waals surface area contributed by atoms with Gasteiger partial charge in [-0.2, -0.15) is 0 Å². The zero-order chi connectivity index (χ0) is 22.3. The second-order valence-electron chi connectivity index (χ2n) is 5.94. The maximum Gasteiger partial charge on any atom is 0.286 e. The van der Waals surface area contributed by atoms with Crippen LogP contribution in [0.2, 0.25) is 0 Å².